The molecule has 104 valence electrons. The third-order valence-corrected chi connectivity index (χ3v) is 3.91. The first-order valence-electron chi connectivity index (χ1n) is 6.84. The van der Waals surface area contributed by atoms with Crippen LogP contribution in [-0.2, 0) is 4.79 Å². The lowest BCUT2D eigenvalue weighted by Gasteiger charge is -2.30. The summed E-state index contributed by atoms with van der Waals surface area (Å²) in [6.45, 7) is 2.00. The van der Waals surface area contributed by atoms with Crippen molar-refractivity contribution in [1.29, 1.82) is 0 Å². The number of para-hydroxylation sites is 1. The minimum Gasteiger partial charge on any atom is -0.508 e. The summed E-state index contributed by atoms with van der Waals surface area (Å²) in [6, 6.07) is 7.50. The molecule has 1 aliphatic rings. The number of phenolic OH excluding ortho intramolecular Hbond substituents is 1. The van der Waals surface area contributed by atoms with Gasteiger partial charge in [-0.05, 0) is 32.3 Å². The Hall–Kier alpha value is -1.55. The van der Waals surface area contributed by atoms with Gasteiger partial charge >= 0.3 is 5.97 Å². The summed E-state index contributed by atoms with van der Waals surface area (Å²) in [6.07, 6.45) is 3.40. The quantitative estimate of drug-likeness (QED) is 0.781. The Morgan fingerprint density at radius 1 is 1.37 bits per heavy atom. The van der Waals surface area contributed by atoms with E-state index < -0.39 is 5.97 Å². The SMILES string of the molecule is CC(NC1CCCC(C(=O)O)C1)c1ccccc1O. The third-order valence-electron chi connectivity index (χ3n) is 3.91. The van der Waals surface area contributed by atoms with Crippen molar-refractivity contribution in [3.05, 3.63) is 29.8 Å². The Morgan fingerprint density at radius 2 is 2.11 bits per heavy atom. The summed E-state index contributed by atoms with van der Waals surface area (Å²) in [5.41, 5.74) is 0.861. The molecule has 0 aliphatic heterocycles. The van der Waals surface area contributed by atoms with Crippen LogP contribution in [0.5, 0.6) is 5.75 Å². The number of phenols is 1. The molecule has 0 saturated heterocycles. The Kier molecular flexibility index (Phi) is 4.43. The Balaban J connectivity index is 1.97. The maximum Gasteiger partial charge on any atom is 0.306 e. The molecule has 1 fully saturated rings. The number of carbonyl (C=O) groups is 1. The van der Waals surface area contributed by atoms with Gasteiger partial charge in [-0.1, -0.05) is 24.6 Å². The molecule has 19 heavy (non-hydrogen) atoms. The van der Waals surface area contributed by atoms with Crippen molar-refractivity contribution in [3.8, 4) is 5.75 Å². The van der Waals surface area contributed by atoms with Crippen molar-refractivity contribution < 1.29 is 15.0 Å². The second-order valence-electron chi connectivity index (χ2n) is 5.35. The van der Waals surface area contributed by atoms with E-state index in [-0.39, 0.29) is 23.8 Å². The molecular formula is C15H21NO3. The second kappa shape index (κ2) is 6.06. The van der Waals surface area contributed by atoms with Gasteiger partial charge in [0.15, 0.2) is 0 Å². The normalized spacial score (nSPS) is 24.9. The first-order chi connectivity index (χ1) is 9.08. The van der Waals surface area contributed by atoms with Crippen LogP contribution >= 0.6 is 0 Å². The van der Waals surface area contributed by atoms with Crippen molar-refractivity contribution in [2.45, 2.75) is 44.7 Å². The van der Waals surface area contributed by atoms with Crippen molar-refractivity contribution >= 4 is 5.97 Å². The Morgan fingerprint density at radius 3 is 2.79 bits per heavy atom. The maximum absolute atomic E-state index is 11.0. The number of aliphatic carboxylic acids is 1. The molecule has 0 amide bonds. The summed E-state index contributed by atoms with van der Waals surface area (Å²) in [4.78, 5) is 11.0. The molecule has 0 radical (unpaired) electrons. The van der Waals surface area contributed by atoms with Crippen molar-refractivity contribution in [3.63, 3.8) is 0 Å². The lowest BCUT2D eigenvalue weighted by atomic mass is 9.85. The fraction of sp³-hybridized carbons (Fsp3) is 0.533. The van der Waals surface area contributed by atoms with E-state index in [0.29, 0.717) is 6.42 Å². The van der Waals surface area contributed by atoms with Crippen molar-refractivity contribution in [2.24, 2.45) is 5.92 Å². The first-order valence-corrected chi connectivity index (χ1v) is 6.84. The van der Waals surface area contributed by atoms with Crippen molar-refractivity contribution in [1.82, 2.24) is 5.32 Å². The summed E-state index contributed by atoms with van der Waals surface area (Å²) in [5.74, 6) is -0.641. The van der Waals surface area contributed by atoms with E-state index in [9.17, 15) is 9.90 Å². The average molecular weight is 263 g/mol. The highest BCUT2D eigenvalue weighted by Crippen LogP contribution is 2.28. The first kappa shape index (κ1) is 13.9. The predicted octanol–water partition coefficient (Wildman–Crippen LogP) is 2.69. The molecule has 0 bridgehead atoms. The zero-order chi connectivity index (χ0) is 13.8. The zero-order valence-corrected chi connectivity index (χ0v) is 11.2. The summed E-state index contributed by atoms with van der Waals surface area (Å²) >= 11 is 0. The van der Waals surface area contributed by atoms with Crippen LogP contribution in [0.1, 0.15) is 44.2 Å². The summed E-state index contributed by atoms with van der Waals surface area (Å²) in [5, 5.41) is 22.3. The van der Waals surface area contributed by atoms with Gasteiger partial charge in [-0.3, -0.25) is 4.79 Å². The number of aromatic hydroxyl groups is 1. The highest BCUT2D eigenvalue weighted by molar-refractivity contribution is 5.70. The summed E-state index contributed by atoms with van der Waals surface area (Å²) in [7, 11) is 0. The number of hydrogen-bond acceptors (Lipinski definition) is 3. The molecule has 4 heteroatoms. The fourth-order valence-corrected chi connectivity index (χ4v) is 2.86. The van der Waals surface area contributed by atoms with Crippen LogP contribution in [0.25, 0.3) is 0 Å². The van der Waals surface area contributed by atoms with Crippen molar-refractivity contribution in [2.75, 3.05) is 0 Å². The molecule has 4 nitrogen and oxygen atoms in total. The zero-order valence-electron chi connectivity index (χ0n) is 11.2. The van der Waals surface area contributed by atoms with Gasteiger partial charge in [-0.15, -0.1) is 0 Å². The van der Waals surface area contributed by atoms with Crippen LogP contribution < -0.4 is 5.32 Å². The third kappa shape index (κ3) is 3.47. The van der Waals surface area contributed by atoms with Crippen LogP contribution in [-0.4, -0.2) is 22.2 Å². The van der Waals surface area contributed by atoms with E-state index in [4.69, 9.17) is 5.11 Å². The van der Waals surface area contributed by atoms with Crippen LogP contribution in [0.4, 0.5) is 0 Å². The van der Waals surface area contributed by atoms with E-state index in [1.54, 1.807) is 12.1 Å². The Labute approximate surface area is 113 Å². The minimum atomic E-state index is -0.693. The van der Waals surface area contributed by atoms with E-state index >= 15 is 0 Å². The molecule has 3 N–H and O–H groups in total. The topological polar surface area (TPSA) is 69.6 Å². The maximum atomic E-state index is 11.0. The number of carboxylic acids is 1. The number of benzene rings is 1. The monoisotopic (exact) mass is 263 g/mol. The van der Waals surface area contributed by atoms with Gasteiger partial charge in [0.25, 0.3) is 0 Å². The van der Waals surface area contributed by atoms with Crippen LogP contribution in [0.15, 0.2) is 24.3 Å². The second-order valence-corrected chi connectivity index (χ2v) is 5.35. The highest BCUT2D eigenvalue weighted by Gasteiger charge is 2.27. The Bertz CT molecular complexity index is 447. The van der Waals surface area contributed by atoms with E-state index in [0.717, 1.165) is 24.8 Å². The minimum absolute atomic E-state index is 0.0266. The van der Waals surface area contributed by atoms with E-state index in [1.807, 2.05) is 19.1 Å². The van der Waals surface area contributed by atoms with Gasteiger partial charge in [-0.2, -0.15) is 0 Å². The lowest BCUT2D eigenvalue weighted by molar-refractivity contribution is -0.143. The molecule has 1 aromatic carbocycles. The van der Waals surface area contributed by atoms with Gasteiger partial charge in [0.05, 0.1) is 5.92 Å². The van der Waals surface area contributed by atoms with Gasteiger partial charge in [-0.25, -0.2) is 0 Å². The van der Waals surface area contributed by atoms with Crippen LogP contribution in [0.2, 0.25) is 0 Å². The van der Waals surface area contributed by atoms with Gasteiger partial charge in [0.1, 0.15) is 5.75 Å². The molecule has 3 unspecified atom stereocenters. The molecule has 3 atom stereocenters. The summed E-state index contributed by atoms with van der Waals surface area (Å²) < 4.78 is 0. The van der Waals surface area contributed by atoms with Crippen LogP contribution in [0.3, 0.4) is 0 Å². The standard InChI is InChI=1S/C15H21NO3/c1-10(13-7-2-3-8-14(13)17)16-12-6-4-5-11(9-12)15(18)19/h2-3,7-8,10-12,16-17H,4-6,9H2,1H3,(H,18,19). The lowest BCUT2D eigenvalue weighted by Crippen LogP contribution is -2.37. The molecule has 1 aliphatic carbocycles. The number of hydrogen-bond donors (Lipinski definition) is 3. The van der Waals surface area contributed by atoms with E-state index in [2.05, 4.69) is 5.32 Å². The number of nitrogens with one attached hydrogen (secondary N) is 1. The molecule has 0 spiro atoms. The molecule has 2 rings (SSSR count). The smallest absolute Gasteiger partial charge is 0.306 e. The molecule has 1 saturated carbocycles. The average Bonchev–Trinajstić information content (AvgIpc) is 2.39. The molecule has 1 aromatic rings. The van der Waals surface area contributed by atoms with Gasteiger partial charge in [0.2, 0.25) is 0 Å². The largest absolute Gasteiger partial charge is 0.508 e. The predicted molar refractivity (Wildman–Crippen MR) is 73.0 cm³/mol. The fourth-order valence-electron chi connectivity index (χ4n) is 2.86. The molecule has 0 heterocycles. The highest BCUT2D eigenvalue weighted by atomic mass is 16.4. The number of carboxylic acid groups (broad SMARTS) is 1. The number of rotatable bonds is 4. The van der Waals surface area contributed by atoms with Crippen LogP contribution in [0, 0.1) is 5.92 Å². The van der Waals surface area contributed by atoms with E-state index in [1.165, 1.54) is 0 Å². The van der Waals surface area contributed by atoms with Gasteiger partial charge < -0.3 is 15.5 Å². The van der Waals surface area contributed by atoms with Gasteiger partial charge in [0, 0.05) is 17.6 Å². The molecular weight excluding hydrogens is 242 g/mol. The molecule has 0 aromatic heterocycles.